The minimum Gasteiger partial charge on any atom is -0.309 e. The van der Waals surface area contributed by atoms with Gasteiger partial charge in [-0.1, -0.05) is 143 Å². The molecule has 62 heavy (non-hydrogen) atoms. The third-order valence-corrected chi connectivity index (χ3v) is 14.3. The summed E-state index contributed by atoms with van der Waals surface area (Å²) in [5.74, 6) is 0.665. The number of benzene rings is 9. The summed E-state index contributed by atoms with van der Waals surface area (Å²) in [5, 5.41) is 13.2. The van der Waals surface area contributed by atoms with Crippen LogP contribution in [0.2, 0.25) is 0 Å². The highest BCUT2D eigenvalue weighted by atomic mass is 15.2. The zero-order valence-corrected chi connectivity index (χ0v) is 35.4. The van der Waals surface area contributed by atoms with Crippen molar-refractivity contribution in [3.05, 3.63) is 181 Å². The van der Waals surface area contributed by atoms with E-state index in [1.165, 1.54) is 65.3 Å². The zero-order chi connectivity index (χ0) is 41.5. The molecule has 0 unspecified atom stereocenters. The normalized spacial score (nSPS) is 14.9. The lowest BCUT2D eigenvalue weighted by atomic mass is 9.63. The fraction of sp³-hybridized carbons (Fsp3) is 0.138. The Morgan fingerprint density at radius 3 is 1.74 bits per heavy atom. The summed E-state index contributed by atoms with van der Waals surface area (Å²) in [4.78, 5) is 11.3. The Morgan fingerprint density at radius 1 is 0.403 bits per heavy atom. The van der Waals surface area contributed by atoms with Crippen molar-refractivity contribution in [3.8, 4) is 22.9 Å². The Bertz CT molecular complexity index is 3860. The van der Waals surface area contributed by atoms with Gasteiger partial charge < -0.3 is 4.57 Å². The van der Waals surface area contributed by atoms with Gasteiger partial charge in [-0.25, -0.2) is 9.97 Å². The van der Waals surface area contributed by atoms with E-state index in [9.17, 15) is 0 Å². The van der Waals surface area contributed by atoms with Crippen LogP contribution in [0.3, 0.4) is 0 Å². The van der Waals surface area contributed by atoms with Crippen molar-refractivity contribution < 1.29 is 0 Å². The summed E-state index contributed by atoms with van der Waals surface area (Å²) in [6.07, 6.45) is 2.32. The highest BCUT2D eigenvalue weighted by Crippen LogP contribution is 2.51. The predicted molar refractivity (Wildman–Crippen MR) is 261 cm³/mol. The summed E-state index contributed by atoms with van der Waals surface area (Å²) in [5.41, 5.74) is 11.8. The van der Waals surface area contributed by atoms with Crippen molar-refractivity contribution in [2.45, 2.75) is 51.4 Å². The minimum absolute atomic E-state index is 0.0513. The van der Waals surface area contributed by atoms with E-state index in [1.54, 1.807) is 0 Å². The molecule has 1 aliphatic rings. The van der Waals surface area contributed by atoms with Crippen LogP contribution in [0.4, 0.5) is 0 Å². The molecule has 1 aliphatic carbocycles. The zero-order valence-electron chi connectivity index (χ0n) is 35.4. The fourth-order valence-corrected chi connectivity index (χ4v) is 11.0. The van der Waals surface area contributed by atoms with E-state index < -0.39 is 0 Å². The quantitative estimate of drug-likeness (QED) is 0.167. The molecule has 0 bridgehead atoms. The van der Waals surface area contributed by atoms with Gasteiger partial charge in [0.05, 0.1) is 33.3 Å². The van der Waals surface area contributed by atoms with Gasteiger partial charge in [-0.3, -0.25) is 4.57 Å². The molecule has 0 spiro atoms. The molecule has 12 aromatic rings. The van der Waals surface area contributed by atoms with Crippen LogP contribution in [0.5, 0.6) is 0 Å². The van der Waals surface area contributed by atoms with Gasteiger partial charge in [-0.05, 0) is 116 Å². The summed E-state index contributed by atoms with van der Waals surface area (Å²) < 4.78 is 4.85. The molecule has 0 fully saturated rings. The molecule has 0 radical (unpaired) electrons. The topological polar surface area (TPSA) is 35.6 Å². The summed E-state index contributed by atoms with van der Waals surface area (Å²) in [7, 11) is 0. The maximum atomic E-state index is 5.64. The van der Waals surface area contributed by atoms with Crippen LogP contribution in [0, 0.1) is 0 Å². The van der Waals surface area contributed by atoms with Gasteiger partial charge in [0.25, 0.3) is 0 Å². The Kier molecular flexibility index (Phi) is 7.22. The first-order chi connectivity index (χ1) is 30.2. The van der Waals surface area contributed by atoms with E-state index in [1.807, 2.05) is 0 Å². The second-order valence-corrected chi connectivity index (χ2v) is 18.8. The number of hydrogen-bond donors (Lipinski definition) is 0. The van der Waals surface area contributed by atoms with Crippen molar-refractivity contribution in [3.63, 3.8) is 0 Å². The standard InChI is InChI=1S/C58H44N4/c1-57(2)30-31-58(3,4)46-34-50-44(33-45(46)57)52-47(61(50)40-18-6-5-7-19-40)28-29-49-53(52)51-41-20-12-10-15-36(41)25-27-48(51)62(49)56-59-54(39-23-22-35-14-8-9-17-38(35)32-39)43-26-24-37-16-11-13-21-42(37)55(43)60-56/h5-29,32-34H,30-31H2,1-4H3. The molecule has 3 heterocycles. The first kappa shape index (κ1) is 35.5. The Labute approximate surface area is 359 Å². The van der Waals surface area contributed by atoms with Crippen molar-refractivity contribution in [1.82, 2.24) is 19.1 Å². The average molecular weight is 797 g/mol. The van der Waals surface area contributed by atoms with Crippen LogP contribution in [-0.4, -0.2) is 19.1 Å². The van der Waals surface area contributed by atoms with E-state index in [0.717, 1.165) is 62.5 Å². The first-order valence-corrected chi connectivity index (χ1v) is 22.0. The van der Waals surface area contributed by atoms with Gasteiger partial charge in [-0.2, -0.15) is 0 Å². The molecule has 296 valence electrons. The average Bonchev–Trinajstić information content (AvgIpc) is 3.82. The smallest absolute Gasteiger partial charge is 0.235 e. The van der Waals surface area contributed by atoms with E-state index >= 15 is 0 Å². The Morgan fingerprint density at radius 2 is 0.968 bits per heavy atom. The van der Waals surface area contributed by atoms with Gasteiger partial charge in [0.2, 0.25) is 5.95 Å². The minimum atomic E-state index is 0.0513. The number of para-hydroxylation sites is 1. The molecular formula is C58H44N4. The Hall–Kier alpha value is -7.30. The summed E-state index contributed by atoms with van der Waals surface area (Å²) >= 11 is 0. The number of aromatic nitrogens is 4. The second kappa shape index (κ2) is 12.6. The number of nitrogens with zero attached hydrogens (tertiary/aromatic N) is 4. The van der Waals surface area contributed by atoms with Crippen LogP contribution in [0.15, 0.2) is 170 Å². The molecule has 0 N–H and O–H groups in total. The lowest BCUT2D eigenvalue weighted by Gasteiger charge is -2.42. The monoisotopic (exact) mass is 796 g/mol. The predicted octanol–water partition coefficient (Wildman–Crippen LogP) is 15.3. The molecule has 3 aromatic heterocycles. The number of rotatable bonds is 3. The van der Waals surface area contributed by atoms with E-state index in [4.69, 9.17) is 9.97 Å². The third kappa shape index (κ3) is 4.95. The van der Waals surface area contributed by atoms with Gasteiger partial charge in [0, 0.05) is 43.6 Å². The molecule has 4 heteroatoms. The molecule has 0 saturated heterocycles. The highest BCUT2D eigenvalue weighted by molar-refractivity contribution is 6.33. The van der Waals surface area contributed by atoms with Crippen molar-refractivity contribution in [2.24, 2.45) is 0 Å². The highest BCUT2D eigenvalue weighted by Gasteiger charge is 2.38. The molecule has 0 saturated carbocycles. The van der Waals surface area contributed by atoms with Gasteiger partial charge >= 0.3 is 0 Å². The maximum absolute atomic E-state index is 5.64. The molecule has 0 amide bonds. The largest absolute Gasteiger partial charge is 0.309 e. The molecule has 13 rings (SSSR count). The molecule has 0 aliphatic heterocycles. The second-order valence-electron chi connectivity index (χ2n) is 18.8. The lowest BCUT2D eigenvalue weighted by molar-refractivity contribution is 0.332. The van der Waals surface area contributed by atoms with Crippen molar-refractivity contribution >= 4 is 86.8 Å². The summed E-state index contributed by atoms with van der Waals surface area (Å²) in [6.45, 7) is 9.73. The molecule has 9 aromatic carbocycles. The van der Waals surface area contributed by atoms with Crippen LogP contribution < -0.4 is 0 Å². The molecular weight excluding hydrogens is 753 g/mol. The van der Waals surface area contributed by atoms with E-state index in [-0.39, 0.29) is 10.8 Å². The van der Waals surface area contributed by atoms with Crippen LogP contribution in [-0.2, 0) is 10.8 Å². The van der Waals surface area contributed by atoms with Crippen LogP contribution >= 0.6 is 0 Å². The number of hydrogen-bond acceptors (Lipinski definition) is 2. The van der Waals surface area contributed by atoms with Crippen molar-refractivity contribution in [1.29, 1.82) is 0 Å². The van der Waals surface area contributed by atoms with Crippen molar-refractivity contribution in [2.75, 3.05) is 0 Å². The van der Waals surface area contributed by atoms with Gasteiger partial charge in [-0.15, -0.1) is 0 Å². The van der Waals surface area contributed by atoms with Crippen LogP contribution in [0.25, 0.3) is 110 Å². The molecule has 0 atom stereocenters. The van der Waals surface area contributed by atoms with Gasteiger partial charge in [0.15, 0.2) is 0 Å². The number of fused-ring (bicyclic) bond motifs is 14. The lowest BCUT2D eigenvalue weighted by Crippen LogP contribution is -2.33. The third-order valence-electron chi connectivity index (χ3n) is 14.3. The van der Waals surface area contributed by atoms with Crippen LogP contribution in [0.1, 0.15) is 51.7 Å². The summed E-state index contributed by atoms with van der Waals surface area (Å²) in [6, 6.07) is 62.4. The van der Waals surface area contributed by atoms with E-state index in [0.29, 0.717) is 5.95 Å². The fourth-order valence-electron chi connectivity index (χ4n) is 11.0. The SMILES string of the molecule is CC1(C)CCC(C)(C)c2cc3c(cc21)c1c2c4c5ccccc5ccc4n(-c4nc(-c5ccc6ccccc6c5)c5ccc6ccccc6c5n4)c2ccc1n3-c1ccccc1. The van der Waals surface area contributed by atoms with E-state index in [2.05, 4.69) is 207 Å². The molecule has 4 nitrogen and oxygen atoms in total. The maximum Gasteiger partial charge on any atom is 0.235 e. The first-order valence-electron chi connectivity index (χ1n) is 22.0. The Balaban J connectivity index is 1.22. The van der Waals surface area contributed by atoms with Gasteiger partial charge in [0.1, 0.15) is 0 Å².